The van der Waals surface area contributed by atoms with Crippen LogP contribution in [0.3, 0.4) is 0 Å². The molecule has 0 bridgehead atoms. The summed E-state index contributed by atoms with van der Waals surface area (Å²) in [5.41, 5.74) is 2.46. The monoisotopic (exact) mass is 243 g/mol. The number of nitrogens with zero attached hydrogens (tertiary/aromatic N) is 2. The maximum Gasteiger partial charge on any atom is 0.222 e. The van der Waals surface area contributed by atoms with Crippen LogP contribution in [-0.4, -0.2) is 21.0 Å². The van der Waals surface area contributed by atoms with Crippen LogP contribution in [0.15, 0.2) is 36.8 Å². The molecule has 2 aromatic rings. The Balaban J connectivity index is 2.41. The molecule has 2 heterocycles. The van der Waals surface area contributed by atoms with Crippen LogP contribution in [0.4, 0.5) is 5.82 Å². The number of aromatic nitrogens is 2. The van der Waals surface area contributed by atoms with Crippen LogP contribution >= 0.6 is 0 Å². The second-order valence-corrected chi connectivity index (χ2v) is 3.80. The van der Waals surface area contributed by atoms with Crippen LogP contribution in [0.25, 0.3) is 11.1 Å². The predicted molar refractivity (Wildman–Crippen MR) is 67.7 cm³/mol. The third-order valence-corrected chi connectivity index (χ3v) is 2.46. The fourth-order valence-electron chi connectivity index (χ4n) is 1.67. The Bertz CT molecular complexity index is 555. The minimum absolute atomic E-state index is 0.118. The Morgan fingerprint density at radius 1 is 1.39 bits per heavy atom. The molecule has 0 fully saturated rings. The Hall–Kier alpha value is -2.27. The van der Waals surface area contributed by atoms with Gasteiger partial charge >= 0.3 is 0 Å². The third kappa shape index (κ3) is 2.70. The van der Waals surface area contributed by atoms with E-state index in [9.17, 15) is 9.90 Å². The Kier molecular flexibility index (Phi) is 3.64. The molecule has 0 radical (unpaired) electrons. The van der Waals surface area contributed by atoms with Crippen LogP contribution in [0.5, 0.6) is 0 Å². The van der Waals surface area contributed by atoms with Gasteiger partial charge in [0.05, 0.1) is 6.61 Å². The fourth-order valence-corrected chi connectivity index (χ4v) is 1.67. The summed E-state index contributed by atoms with van der Waals surface area (Å²) in [6, 6.07) is 5.35. The molecule has 2 rings (SSSR count). The number of anilines is 1. The van der Waals surface area contributed by atoms with E-state index >= 15 is 0 Å². The molecule has 0 aliphatic heterocycles. The standard InChI is InChI=1S/C13H13N3O2/c1-9(18)16-13-6-11(8-17)12(7-15-13)10-2-4-14-5-3-10/h2-7,17H,8H2,1H3,(H,15,16,18). The number of hydrogen-bond acceptors (Lipinski definition) is 4. The molecule has 92 valence electrons. The van der Waals surface area contributed by atoms with Crippen molar-refractivity contribution in [1.29, 1.82) is 0 Å². The molecule has 0 aromatic carbocycles. The van der Waals surface area contributed by atoms with Gasteiger partial charge in [0, 0.05) is 31.1 Å². The zero-order valence-electron chi connectivity index (χ0n) is 9.92. The number of carbonyl (C=O) groups excluding carboxylic acids is 1. The lowest BCUT2D eigenvalue weighted by Crippen LogP contribution is -2.08. The minimum Gasteiger partial charge on any atom is -0.392 e. The van der Waals surface area contributed by atoms with E-state index in [0.717, 1.165) is 11.1 Å². The number of hydrogen-bond donors (Lipinski definition) is 2. The molecule has 0 aliphatic rings. The van der Waals surface area contributed by atoms with Gasteiger partial charge in [-0.05, 0) is 29.3 Å². The summed E-state index contributed by atoms with van der Waals surface area (Å²) in [6.45, 7) is 1.30. The molecule has 5 nitrogen and oxygen atoms in total. The van der Waals surface area contributed by atoms with Crippen LogP contribution in [0, 0.1) is 0 Å². The van der Waals surface area contributed by atoms with Crippen molar-refractivity contribution in [3.63, 3.8) is 0 Å². The highest BCUT2D eigenvalue weighted by Crippen LogP contribution is 2.24. The number of nitrogens with one attached hydrogen (secondary N) is 1. The van der Waals surface area contributed by atoms with Gasteiger partial charge in [-0.15, -0.1) is 0 Å². The van der Waals surface area contributed by atoms with Crippen molar-refractivity contribution in [2.45, 2.75) is 13.5 Å². The quantitative estimate of drug-likeness (QED) is 0.858. The van der Waals surface area contributed by atoms with Crippen LogP contribution in [0.1, 0.15) is 12.5 Å². The van der Waals surface area contributed by atoms with Gasteiger partial charge in [-0.2, -0.15) is 0 Å². The van der Waals surface area contributed by atoms with Crippen LogP contribution < -0.4 is 5.32 Å². The molecular weight excluding hydrogens is 230 g/mol. The SMILES string of the molecule is CC(=O)Nc1cc(CO)c(-c2ccncc2)cn1. The molecule has 5 heteroatoms. The summed E-state index contributed by atoms with van der Waals surface area (Å²) < 4.78 is 0. The Labute approximate surface area is 105 Å². The second kappa shape index (κ2) is 5.37. The summed E-state index contributed by atoms with van der Waals surface area (Å²) in [7, 11) is 0. The maximum atomic E-state index is 10.9. The summed E-state index contributed by atoms with van der Waals surface area (Å²) in [5, 5.41) is 12.0. The van der Waals surface area contributed by atoms with E-state index in [1.165, 1.54) is 6.92 Å². The topological polar surface area (TPSA) is 75.1 Å². The Morgan fingerprint density at radius 3 is 2.72 bits per heavy atom. The van der Waals surface area contributed by atoms with Crippen LogP contribution in [0.2, 0.25) is 0 Å². The fraction of sp³-hybridized carbons (Fsp3) is 0.154. The average Bonchev–Trinajstić information content (AvgIpc) is 2.39. The molecule has 0 saturated carbocycles. The molecule has 0 spiro atoms. The van der Waals surface area contributed by atoms with Gasteiger partial charge in [-0.3, -0.25) is 9.78 Å². The zero-order valence-corrected chi connectivity index (χ0v) is 9.92. The van der Waals surface area contributed by atoms with Crippen molar-refractivity contribution in [3.05, 3.63) is 42.4 Å². The van der Waals surface area contributed by atoms with Gasteiger partial charge in [0.25, 0.3) is 0 Å². The minimum atomic E-state index is -0.192. The second-order valence-electron chi connectivity index (χ2n) is 3.80. The maximum absolute atomic E-state index is 10.9. The molecule has 18 heavy (non-hydrogen) atoms. The normalized spacial score (nSPS) is 10.1. The number of aliphatic hydroxyl groups is 1. The number of rotatable bonds is 3. The lowest BCUT2D eigenvalue weighted by atomic mass is 10.0. The highest BCUT2D eigenvalue weighted by atomic mass is 16.3. The summed E-state index contributed by atoms with van der Waals surface area (Å²) in [6.07, 6.45) is 4.99. The lowest BCUT2D eigenvalue weighted by molar-refractivity contribution is -0.114. The van der Waals surface area contributed by atoms with E-state index in [0.29, 0.717) is 11.4 Å². The van der Waals surface area contributed by atoms with Crippen molar-refractivity contribution >= 4 is 11.7 Å². The van der Waals surface area contributed by atoms with Gasteiger partial charge < -0.3 is 10.4 Å². The van der Waals surface area contributed by atoms with Crippen molar-refractivity contribution in [3.8, 4) is 11.1 Å². The van der Waals surface area contributed by atoms with E-state index in [1.807, 2.05) is 12.1 Å². The van der Waals surface area contributed by atoms with Gasteiger partial charge in [0.15, 0.2) is 0 Å². The number of pyridine rings is 2. The Morgan fingerprint density at radius 2 is 2.11 bits per heavy atom. The lowest BCUT2D eigenvalue weighted by Gasteiger charge is -2.09. The molecule has 0 unspecified atom stereocenters. The van der Waals surface area contributed by atoms with E-state index < -0.39 is 0 Å². The van der Waals surface area contributed by atoms with Crippen molar-refractivity contribution in [2.75, 3.05) is 5.32 Å². The first-order chi connectivity index (χ1) is 8.70. The van der Waals surface area contributed by atoms with Gasteiger partial charge in [0.1, 0.15) is 5.82 Å². The first kappa shape index (κ1) is 12.2. The molecule has 0 atom stereocenters. The number of aliphatic hydroxyl groups excluding tert-OH is 1. The summed E-state index contributed by atoms with van der Waals surface area (Å²) in [4.78, 5) is 19.0. The average molecular weight is 243 g/mol. The molecule has 2 N–H and O–H groups in total. The highest BCUT2D eigenvalue weighted by molar-refractivity contribution is 5.88. The third-order valence-electron chi connectivity index (χ3n) is 2.46. The number of carbonyl (C=O) groups is 1. The smallest absolute Gasteiger partial charge is 0.222 e. The highest BCUT2D eigenvalue weighted by Gasteiger charge is 2.07. The molecule has 0 saturated heterocycles. The van der Waals surface area contributed by atoms with E-state index in [4.69, 9.17) is 0 Å². The van der Waals surface area contributed by atoms with Crippen molar-refractivity contribution < 1.29 is 9.90 Å². The summed E-state index contributed by atoms with van der Waals surface area (Å²) in [5.74, 6) is 0.243. The predicted octanol–water partition coefficient (Wildman–Crippen LogP) is 1.59. The molecular formula is C13H13N3O2. The largest absolute Gasteiger partial charge is 0.392 e. The summed E-state index contributed by atoms with van der Waals surface area (Å²) >= 11 is 0. The molecule has 2 aromatic heterocycles. The molecule has 0 aliphatic carbocycles. The zero-order chi connectivity index (χ0) is 13.0. The van der Waals surface area contributed by atoms with E-state index in [2.05, 4.69) is 15.3 Å². The number of amides is 1. The van der Waals surface area contributed by atoms with Gasteiger partial charge in [0.2, 0.25) is 5.91 Å². The van der Waals surface area contributed by atoms with Gasteiger partial charge in [-0.25, -0.2) is 4.98 Å². The van der Waals surface area contributed by atoms with Crippen LogP contribution in [-0.2, 0) is 11.4 Å². The van der Waals surface area contributed by atoms with E-state index in [1.54, 1.807) is 24.7 Å². The van der Waals surface area contributed by atoms with Gasteiger partial charge in [-0.1, -0.05) is 0 Å². The first-order valence-electron chi connectivity index (χ1n) is 5.48. The van der Waals surface area contributed by atoms with E-state index in [-0.39, 0.29) is 12.5 Å². The molecule has 1 amide bonds. The van der Waals surface area contributed by atoms with Crippen molar-refractivity contribution in [1.82, 2.24) is 9.97 Å². The van der Waals surface area contributed by atoms with Crippen molar-refractivity contribution in [2.24, 2.45) is 0 Å². The first-order valence-corrected chi connectivity index (χ1v) is 5.48.